The van der Waals surface area contributed by atoms with Crippen LogP contribution >= 0.6 is 11.6 Å². The van der Waals surface area contributed by atoms with E-state index in [-0.39, 0.29) is 57.3 Å². The number of hydrogen-bond acceptors (Lipinski definition) is 1. The standard InChI is InChI=1S/C2H3ClO2.K/c3-1-2(4)5;/h1H2,(H,4,5);. The Morgan fingerprint density at radius 1 is 1.83 bits per heavy atom. The molecule has 0 unspecified atom stereocenters. The summed E-state index contributed by atoms with van der Waals surface area (Å²) in [4.78, 5) is 9.24. The second-order valence-corrected chi connectivity index (χ2v) is 0.795. The monoisotopic (exact) mass is 133 g/mol. The molecule has 0 aromatic carbocycles. The van der Waals surface area contributed by atoms with Crippen LogP contribution in [-0.2, 0) is 4.79 Å². The molecule has 0 amide bonds. The van der Waals surface area contributed by atoms with Crippen molar-refractivity contribution in [3.05, 3.63) is 0 Å². The summed E-state index contributed by atoms with van der Waals surface area (Å²) in [6, 6.07) is 0. The second-order valence-electron chi connectivity index (χ2n) is 0.527. The number of aliphatic carboxylic acids is 1. The summed E-state index contributed by atoms with van der Waals surface area (Å²) in [5, 5.41) is 7.59. The molecule has 0 saturated carbocycles. The maximum atomic E-state index is 9.24. The van der Waals surface area contributed by atoms with Crippen LogP contribution in [0.3, 0.4) is 0 Å². The number of alkyl halides is 1. The van der Waals surface area contributed by atoms with Gasteiger partial charge in [-0.15, -0.1) is 11.6 Å². The SMILES string of the molecule is O=C(O)CCl.[K]. The van der Waals surface area contributed by atoms with E-state index >= 15 is 0 Å². The molecule has 2 nitrogen and oxygen atoms in total. The molecular formula is C2H3ClKO2. The fourth-order valence-electron chi connectivity index (χ4n) is 0. The van der Waals surface area contributed by atoms with E-state index in [9.17, 15) is 4.79 Å². The summed E-state index contributed by atoms with van der Waals surface area (Å²) in [6.07, 6.45) is 0. The molecule has 0 bridgehead atoms. The Bertz CT molecular complexity index is 46.8. The minimum absolute atomic E-state index is 0. The number of halogens is 1. The van der Waals surface area contributed by atoms with Crippen molar-refractivity contribution in [2.24, 2.45) is 0 Å². The predicted molar refractivity (Wildman–Crippen MR) is 24.1 cm³/mol. The van der Waals surface area contributed by atoms with Gasteiger partial charge in [-0.1, -0.05) is 0 Å². The Balaban J connectivity index is 0. The summed E-state index contributed by atoms with van der Waals surface area (Å²) >= 11 is 4.74. The van der Waals surface area contributed by atoms with Crippen molar-refractivity contribution in [1.82, 2.24) is 0 Å². The van der Waals surface area contributed by atoms with Crippen LogP contribution in [0.4, 0.5) is 0 Å². The van der Waals surface area contributed by atoms with Gasteiger partial charge in [0.1, 0.15) is 5.88 Å². The number of hydrogen-bond donors (Lipinski definition) is 1. The predicted octanol–water partition coefficient (Wildman–Crippen LogP) is -0.0710. The first-order valence-corrected chi connectivity index (χ1v) is 1.58. The van der Waals surface area contributed by atoms with E-state index in [4.69, 9.17) is 16.7 Å². The molecule has 0 fully saturated rings. The van der Waals surface area contributed by atoms with Crippen molar-refractivity contribution >= 4 is 69.0 Å². The van der Waals surface area contributed by atoms with Gasteiger partial charge >= 0.3 is 5.97 Å². The average Bonchev–Trinajstić information content (AvgIpc) is 1.38. The molecule has 0 heterocycles. The van der Waals surface area contributed by atoms with E-state index < -0.39 is 5.97 Å². The third-order valence-corrected chi connectivity index (χ3v) is 0.343. The Labute approximate surface area is 83.3 Å². The maximum absolute atomic E-state index is 9.24. The van der Waals surface area contributed by atoms with Gasteiger partial charge in [0.05, 0.1) is 0 Å². The quantitative estimate of drug-likeness (QED) is 0.402. The van der Waals surface area contributed by atoms with Crippen LogP contribution < -0.4 is 0 Å². The Morgan fingerprint density at radius 2 is 2.00 bits per heavy atom. The molecule has 6 heavy (non-hydrogen) atoms. The first-order valence-electron chi connectivity index (χ1n) is 1.05. The molecule has 0 aliphatic carbocycles. The molecule has 0 saturated heterocycles. The van der Waals surface area contributed by atoms with Gasteiger partial charge in [0, 0.05) is 51.4 Å². The molecule has 4 heteroatoms. The molecule has 0 aromatic rings. The fourth-order valence-corrected chi connectivity index (χ4v) is 0. The van der Waals surface area contributed by atoms with Gasteiger partial charge in [0.15, 0.2) is 0 Å². The first kappa shape index (κ1) is 10.4. The minimum Gasteiger partial charge on any atom is -0.480 e. The van der Waals surface area contributed by atoms with Crippen LogP contribution in [0.25, 0.3) is 0 Å². The Hall–Kier alpha value is 1.40. The van der Waals surface area contributed by atoms with Crippen LogP contribution in [0.5, 0.6) is 0 Å². The maximum Gasteiger partial charge on any atom is 0.318 e. The molecule has 0 aliphatic rings. The van der Waals surface area contributed by atoms with E-state index in [1.807, 2.05) is 0 Å². The zero-order valence-corrected chi connectivity index (χ0v) is 7.32. The van der Waals surface area contributed by atoms with Crippen molar-refractivity contribution in [3.63, 3.8) is 0 Å². The summed E-state index contributed by atoms with van der Waals surface area (Å²) in [5.74, 6) is -1.29. The molecule has 31 valence electrons. The zero-order chi connectivity index (χ0) is 4.28. The van der Waals surface area contributed by atoms with Gasteiger partial charge in [0.2, 0.25) is 0 Å². The molecule has 0 aromatic heterocycles. The third-order valence-electron chi connectivity index (χ3n) is 0.114. The number of carbonyl (C=O) groups is 1. The minimum atomic E-state index is -0.980. The Morgan fingerprint density at radius 3 is 2.00 bits per heavy atom. The summed E-state index contributed by atoms with van der Waals surface area (Å²) in [7, 11) is 0. The molecular weight excluding hydrogens is 131 g/mol. The summed E-state index contributed by atoms with van der Waals surface area (Å²) in [5.41, 5.74) is 0. The molecule has 1 N–H and O–H groups in total. The van der Waals surface area contributed by atoms with E-state index in [2.05, 4.69) is 0 Å². The average molecular weight is 134 g/mol. The molecule has 0 spiro atoms. The fraction of sp³-hybridized carbons (Fsp3) is 0.500. The zero-order valence-electron chi connectivity index (χ0n) is 3.44. The van der Waals surface area contributed by atoms with E-state index in [1.165, 1.54) is 0 Å². The van der Waals surface area contributed by atoms with E-state index in [1.54, 1.807) is 0 Å². The molecule has 0 atom stereocenters. The number of carboxylic acid groups (broad SMARTS) is 1. The van der Waals surface area contributed by atoms with Gasteiger partial charge in [-0.25, -0.2) is 0 Å². The van der Waals surface area contributed by atoms with Gasteiger partial charge in [-0.3, -0.25) is 4.79 Å². The van der Waals surface area contributed by atoms with Crippen molar-refractivity contribution in [2.45, 2.75) is 0 Å². The van der Waals surface area contributed by atoms with Crippen molar-refractivity contribution in [3.8, 4) is 0 Å². The normalized spacial score (nSPS) is 6.17. The van der Waals surface area contributed by atoms with Crippen LogP contribution in [0, 0.1) is 0 Å². The number of carboxylic acids is 1. The van der Waals surface area contributed by atoms with Crippen molar-refractivity contribution in [2.75, 3.05) is 5.88 Å². The second kappa shape index (κ2) is 6.40. The smallest absolute Gasteiger partial charge is 0.318 e. The van der Waals surface area contributed by atoms with Gasteiger partial charge < -0.3 is 5.11 Å². The third kappa shape index (κ3) is 9.04. The van der Waals surface area contributed by atoms with Gasteiger partial charge in [-0.05, 0) is 0 Å². The van der Waals surface area contributed by atoms with Crippen LogP contribution in [0.2, 0.25) is 0 Å². The van der Waals surface area contributed by atoms with Crippen molar-refractivity contribution in [1.29, 1.82) is 0 Å². The largest absolute Gasteiger partial charge is 0.480 e. The first-order chi connectivity index (χ1) is 2.27. The summed E-state index contributed by atoms with van der Waals surface area (Å²) < 4.78 is 0. The van der Waals surface area contributed by atoms with E-state index in [0.717, 1.165) is 0 Å². The summed E-state index contributed by atoms with van der Waals surface area (Å²) in [6.45, 7) is 0. The topological polar surface area (TPSA) is 37.3 Å². The van der Waals surface area contributed by atoms with Crippen LogP contribution in [0.1, 0.15) is 0 Å². The van der Waals surface area contributed by atoms with Gasteiger partial charge in [0.25, 0.3) is 0 Å². The van der Waals surface area contributed by atoms with Crippen LogP contribution in [0.15, 0.2) is 0 Å². The Kier molecular flexibility index (Phi) is 11.1. The van der Waals surface area contributed by atoms with E-state index in [0.29, 0.717) is 0 Å². The van der Waals surface area contributed by atoms with Crippen molar-refractivity contribution < 1.29 is 9.90 Å². The molecule has 0 rings (SSSR count). The number of rotatable bonds is 1. The van der Waals surface area contributed by atoms with Crippen LogP contribution in [-0.4, -0.2) is 68.3 Å². The molecule has 0 aliphatic heterocycles. The van der Waals surface area contributed by atoms with Gasteiger partial charge in [-0.2, -0.15) is 0 Å². The molecule has 1 radical (unpaired) electrons.